The summed E-state index contributed by atoms with van der Waals surface area (Å²) >= 11 is 1.24. The Morgan fingerprint density at radius 2 is 2.27 bits per heavy atom. The van der Waals surface area contributed by atoms with Crippen LogP contribution in [0.25, 0.3) is 0 Å². The van der Waals surface area contributed by atoms with Crippen LogP contribution < -0.4 is 10.1 Å². The van der Waals surface area contributed by atoms with Crippen LogP contribution in [-0.2, 0) is 0 Å². The van der Waals surface area contributed by atoms with Crippen LogP contribution in [0.2, 0.25) is 0 Å². The van der Waals surface area contributed by atoms with Gasteiger partial charge in [0.05, 0.1) is 26.4 Å². The highest BCUT2D eigenvalue weighted by Gasteiger charge is 2.16. The van der Waals surface area contributed by atoms with Crippen molar-refractivity contribution in [2.45, 2.75) is 6.04 Å². The van der Waals surface area contributed by atoms with E-state index in [0.717, 1.165) is 0 Å². The van der Waals surface area contributed by atoms with Crippen LogP contribution >= 0.6 is 11.3 Å². The number of hydrogen-bond acceptors (Lipinski definition) is 5. The van der Waals surface area contributed by atoms with E-state index in [2.05, 4.69) is 5.32 Å². The van der Waals surface area contributed by atoms with E-state index >= 15 is 0 Å². The molecule has 0 saturated carbocycles. The third-order valence-corrected chi connectivity index (χ3v) is 2.73. The summed E-state index contributed by atoms with van der Waals surface area (Å²) in [6.45, 7) is -0.591. The summed E-state index contributed by atoms with van der Waals surface area (Å²) in [7, 11) is 1.48. The number of methoxy groups -OCH3 is 1. The zero-order valence-electron chi connectivity index (χ0n) is 8.27. The molecule has 0 bridgehead atoms. The van der Waals surface area contributed by atoms with Crippen molar-refractivity contribution in [2.24, 2.45) is 0 Å². The summed E-state index contributed by atoms with van der Waals surface area (Å²) in [5.41, 5.74) is 0. The van der Waals surface area contributed by atoms with Gasteiger partial charge in [-0.1, -0.05) is 0 Å². The Hall–Kier alpha value is -1.11. The second-order valence-corrected chi connectivity index (χ2v) is 3.77. The number of aliphatic hydroxyl groups is 2. The maximum absolute atomic E-state index is 11.6. The van der Waals surface area contributed by atoms with Gasteiger partial charge in [-0.3, -0.25) is 4.79 Å². The van der Waals surface area contributed by atoms with Crippen molar-refractivity contribution in [3.8, 4) is 5.75 Å². The Kier molecular flexibility index (Phi) is 4.54. The molecule has 1 aromatic heterocycles. The number of thiophene rings is 1. The van der Waals surface area contributed by atoms with Gasteiger partial charge < -0.3 is 20.3 Å². The van der Waals surface area contributed by atoms with Gasteiger partial charge in [0, 0.05) is 0 Å². The third kappa shape index (κ3) is 2.92. The Morgan fingerprint density at radius 3 is 2.80 bits per heavy atom. The second-order valence-electron chi connectivity index (χ2n) is 2.85. The fourth-order valence-electron chi connectivity index (χ4n) is 1.02. The largest absolute Gasteiger partial charge is 0.495 e. The summed E-state index contributed by atoms with van der Waals surface area (Å²) < 4.78 is 4.98. The average molecular weight is 231 g/mol. The standard InChI is InChI=1S/C9H13NO4S/c1-14-7-2-3-15-8(7)9(13)10-6(4-11)5-12/h2-3,6,11-12H,4-5H2,1H3,(H,10,13). The van der Waals surface area contributed by atoms with Gasteiger partial charge in [-0.15, -0.1) is 11.3 Å². The van der Waals surface area contributed by atoms with Crippen molar-refractivity contribution >= 4 is 17.2 Å². The molecular weight excluding hydrogens is 218 g/mol. The van der Waals surface area contributed by atoms with Crippen LogP contribution in [0.15, 0.2) is 11.4 Å². The Balaban J connectivity index is 2.68. The Bertz CT molecular complexity index is 322. The molecule has 15 heavy (non-hydrogen) atoms. The monoisotopic (exact) mass is 231 g/mol. The molecule has 84 valence electrons. The Labute approximate surface area is 91.3 Å². The zero-order chi connectivity index (χ0) is 11.3. The van der Waals surface area contributed by atoms with Crippen molar-refractivity contribution in [1.82, 2.24) is 5.32 Å². The summed E-state index contributed by atoms with van der Waals surface area (Å²) in [4.78, 5) is 12.0. The maximum atomic E-state index is 11.6. The number of aliphatic hydroxyl groups excluding tert-OH is 2. The number of nitrogens with one attached hydrogen (secondary N) is 1. The number of rotatable bonds is 5. The summed E-state index contributed by atoms with van der Waals surface area (Å²) in [5, 5.41) is 21.8. The third-order valence-electron chi connectivity index (χ3n) is 1.83. The van der Waals surface area contributed by atoms with Crippen LogP contribution in [0.1, 0.15) is 9.67 Å². The average Bonchev–Trinajstić information content (AvgIpc) is 2.73. The number of amides is 1. The first-order chi connectivity index (χ1) is 7.22. The zero-order valence-corrected chi connectivity index (χ0v) is 9.08. The van der Waals surface area contributed by atoms with Crippen molar-refractivity contribution < 1.29 is 19.7 Å². The van der Waals surface area contributed by atoms with E-state index in [1.807, 2.05) is 0 Å². The lowest BCUT2D eigenvalue weighted by Gasteiger charge is -2.12. The summed E-state index contributed by atoms with van der Waals surface area (Å²) in [6.07, 6.45) is 0. The van der Waals surface area contributed by atoms with Gasteiger partial charge in [0.1, 0.15) is 10.6 Å². The molecule has 0 aliphatic rings. The molecule has 1 aromatic rings. The van der Waals surface area contributed by atoms with Crippen molar-refractivity contribution in [3.63, 3.8) is 0 Å². The van der Waals surface area contributed by atoms with Crippen LogP contribution in [-0.4, -0.2) is 42.5 Å². The first-order valence-corrected chi connectivity index (χ1v) is 5.25. The minimum Gasteiger partial charge on any atom is -0.495 e. The lowest BCUT2D eigenvalue weighted by atomic mass is 10.3. The first kappa shape index (κ1) is 12.0. The molecular formula is C9H13NO4S. The lowest BCUT2D eigenvalue weighted by Crippen LogP contribution is -2.39. The highest BCUT2D eigenvalue weighted by Crippen LogP contribution is 2.23. The van der Waals surface area contributed by atoms with E-state index in [9.17, 15) is 4.79 Å². The molecule has 0 saturated heterocycles. The predicted octanol–water partition coefficient (Wildman–Crippen LogP) is -0.160. The van der Waals surface area contributed by atoms with E-state index in [0.29, 0.717) is 10.6 Å². The molecule has 0 radical (unpaired) electrons. The normalized spacial score (nSPS) is 10.4. The topological polar surface area (TPSA) is 78.8 Å². The van der Waals surface area contributed by atoms with E-state index in [1.165, 1.54) is 18.4 Å². The molecule has 0 aromatic carbocycles. The number of ether oxygens (including phenoxy) is 1. The molecule has 3 N–H and O–H groups in total. The van der Waals surface area contributed by atoms with Crippen LogP contribution in [0.3, 0.4) is 0 Å². The molecule has 1 amide bonds. The molecule has 0 aliphatic heterocycles. The highest BCUT2D eigenvalue weighted by molar-refractivity contribution is 7.12. The van der Waals surface area contributed by atoms with Crippen LogP contribution in [0, 0.1) is 0 Å². The van der Waals surface area contributed by atoms with Gasteiger partial charge >= 0.3 is 0 Å². The molecule has 0 fully saturated rings. The SMILES string of the molecule is COc1ccsc1C(=O)NC(CO)CO. The van der Waals surface area contributed by atoms with Gasteiger partial charge in [0.15, 0.2) is 0 Å². The fraction of sp³-hybridized carbons (Fsp3) is 0.444. The van der Waals surface area contributed by atoms with Gasteiger partial charge in [0.25, 0.3) is 5.91 Å². The van der Waals surface area contributed by atoms with Crippen LogP contribution in [0.5, 0.6) is 5.75 Å². The Morgan fingerprint density at radius 1 is 1.60 bits per heavy atom. The molecule has 0 aliphatic carbocycles. The highest BCUT2D eigenvalue weighted by atomic mass is 32.1. The molecule has 1 heterocycles. The lowest BCUT2D eigenvalue weighted by molar-refractivity contribution is 0.0881. The van der Waals surface area contributed by atoms with Crippen molar-refractivity contribution in [2.75, 3.05) is 20.3 Å². The molecule has 0 atom stereocenters. The van der Waals surface area contributed by atoms with E-state index in [-0.39, 0.29) is 19.1 Å². The van der Waals surface area contributed by atoms with Gasteiger partial charge in [-0.05, 0) is 11.4 Å². The molecule has 0 unspecified atom stereocenters. The molecule has 0 spiro atoms. The van der Waals surface area contributed by atoms with E-state index < -0.39 is 6.04 Å². The van der Waals surface area contributed by atoms with E-state index in [1.54, 1.807) is 11.4 Å². The number of carbonyl (C=O) groups excluding carboxylic acids is 1. The number of hydrogen-bond donors (Lipinski definition) is 3. The number of carbonyl (C=O) groups is 1. The second kappa shape index (κ2) is 5.69. The first-order valence-electron chi connectivity index (χ1n) is 4.37. The molecule has 5 nitrogen and oxygen atoms in total. The summed E-state index contributed by atoms with van der Waals surface area (Å²) in [5.74, 6) is 0.141. The van der Waals surface area contributed by atoms with Gasteiger partial charge in [-0.2, -0.15) is 0 Å². The minimum atomic E-state index is -0.635. The molecule has 1 rings (SSSR count). The van der Waals surface area contributed by atoms with Crippen molar-refractivity contribution in [3.05, 3.63) is 16.3 Å². The van der Waals surface area contributed by atoms with Crippen molar-refractivity contribution in [1.29, 1.82) is 0 Å². The quantitative estimate of drug-likeness (QED) is 0.658. The van der Waals surface area contributed by atoms with Gasteiger partial charge in [0.2, 0.25) is 0 Å². The van der Waals surface area contributed by atoms with Crippen LogP contribution in [0.4, 0.5) is 0 Å². The minimum absolute atomic E-state index is 0.296. The summed E-state index contributed by atoms with van der Waals surface area (Å²) in [6, 6.07) is 1.05. The maximum Gasteiger partial charge on any atom is 0.265 e. The fourth-order valence-corrected chi connectivity index (χ4v) is 1.78. The molecule has 6 heteroatoms. The smallest absolute Gasteiger partial charge is 0.265 e. The predicted molar refractivity (Wildman–Crippen MR) is 56.3 cm³/mol. The van der Waals surface area contributed by atoms with Gasteiger partial charge in [-0.25, -0.2) is 0 Å². The van der Waals surface area contributed by atoms with E-state index in [4.69, 9.17) is 14.9 Å².